The lowest BCUT2D eigenvalue weighted by molar-refractivity contribution is 0.120. The number of ether oxygens (including phenoxy) is 2. The maximum atomic E-state index is 11.6. The lowest BCUT2D eigenvalue weighted by Gasteiger charge is -2.16. The molecule has 6 nitrogen and oxygen atoms in total. The fourth-order valence-corrected chi connectivity index (χ4v) is 4.67. The number of fused-ring (bicyclic) bond motifs is 4. The second kappa shape index (κ2) is 6.49. The highest BCUT2D eigenvalue weighted by Crippen LogP contribution is 2.44. The normalized spacial score (nSPS) is 38.3. The minimum atomic E-state index is -0.818. The molecule has 0 N–H and O–H groups in total. The van der Waals surface area contributed by atoms with Crippen molar-refractivity contribution in [2.45, 2.75) is 25.7 Å². The molecule has 4 bridgehead atoms. The molecule has 2 amide bonds. The van der Waals surface area contributed by atoms with Gasteiger partial charge in [0.2, 0.25) is 0 Å². The second-order valence-corrected chi connectivity index (χ2v) is 7.43. The van der Waals surface area contributed by atoms with E-state index in [0.717, 1.165) is 25.7 Å². The van der Waals surface area contributed by atoms with Gasteiger partial charge in [-0.05, 0) is 49.4 Å². The Labute approximate surface area is 141 Å². The molecule has 4 rings (SSSR count). The van der Waals surface area contributed by atoms with Crippen LogP contribution in [0, 0.1) is 35.5 Å². The summed E-state index contributed by atoms with van der Waals surface area (Å²) in [6.45, 7) is 0.686. The highest BCUT2D eigenvalue weighted by atomic mass is 16.6. The zero-order valence-electron chi connectivity index (χ0n) is 13.5. The summed E-state index contributed by atoms with van der Waals surface area (Å²) < 4.78 is 10.2. The van der Waals surface area contributed by atoms with Crippen molar-refractivity contribution in [3.8, 4) is 0 Å². The summed E-state index contributed by atoms with van der Waals surface area (Å²) in [6, 6.07) is 0. The van der Waals surface area contributed by atoms with Crippen LogP contribution >= 0.6 is 0 Å². The Kier molecular flexibility index (Phi) is 4.21. The van der Waals surface area contributed by atoms with Gasteiger partial charge in [-0.3, -0.25) is 0 Å². The van der Waals surface area contributed by atoms with E-state index in [-0.39, 0.29) is 0 Å². The maximum absolute atomic E-state index is 11.6. The molecule has 4 aliphatic carbocycles. The van der Waals surface area contributed by atoms with Gasteiger partial charge in [-0.2, -0.15) is 0 Å². The van der Waals surface area contributed by atoms with Crippen LogP contribution < -0.4 is 0 Å². The molecule has 4 aliphatic rings. The van der Waals surface area contributed by atoms with Gasteiger partial charge in [0.05, 0.1) is 13.2 Å². The molecule has 0 saturated heterocycles. The Bertz CT molecular complexity index is 560. The zero-order valence-corrected chi connectivity index (χ0v) is 13.5. The summed E-state index contributed by atoms with van der Waals surface area (Å²) in [4.78, 5) is 23.1. The standard InChI is InChI=1S/C18H22N2O4/c21-17(23-9-15-7-11-1-3-13(15)5-11)19-20-18(22)24-10-16-8-12-2-4-14(16)6-12/h1-4,11-16H,5-10H2/b20-19+/t11-,12-,13+,14+,15?,16?/m0/s1. The van der Waals surface area contributed by atoms with Crippen molar-refractivity contribution in [3.05, 3.63) is 24.3 Å². The van der Waals surface area contributed by atoms with Crippen LogP contribution in [0.3, 0.4) is 0 Å². The van der Waals surface area contributed by atoms with Crippen molar-refractivity contribution in [1.82, 2.24) is 0 Å². The average molecular weight is 330 g/mol. The molecule has 128 valence electrons. The minimum Gasteiger partial charge on any atom is -0.447 e. The van der Waals surface area contributed by atoms with Crippen molar-refractivity contribution in [1.29, 1.82) is 0 Å². The fourth-order valence-electron chi connectivity index (χ4n) is 4.67. The van der Waals surface area contributed by atoms with Crippen LogP contribution in [0.2, 0.25) is 0 Å². The van der Waals surface area contributed by atoms with E-state index in [9.17, 15) is 9.59 Å². The summed E-state index contributed by atoms with van der Waals surface area (Å²) in [7, 11) is 0. The summed E-state index contributed by atoms with van der Waals surface area (Å²) in [5.74, 6) is 3.04. The zero-order chi connectivity index (χ0) is 16.5. The number of azo groups is 1. The van der Waals surface area contributed by atoms with Gasteiger partial charge in [0.25, 0.3) is 0 Å². The van der Waals surface area contributed by atoms with Gasteiger partial charge in [0.15, 0.2) is 0 Å². The number of amides is 2. The molecule has 24 heavy (non-hydrogen) atoms. The van der Waals surface area contributed by atoms with Crippen LogP contribution in [-0.2, 0) is 9.47 Å². The van der Waals surface area contributed by atoms with Crippen LogP contribution in [0.1, 0.15) is 25.7 Å². The first-order valence-corrected chi connectivity index (χ1v) is 8.79. The van der Waals surface area contributed by atoms with E-state index in [0.29, 0.717) is 48.7 Å². The molecule has 0 aromatic heterocycles. The van der Waals surface area contributed by atoms with E-state index in [2.05, 4.69) is 34.5 Å². The molecule has 0 aromatic rings. The van der Waals surface area contributed by atoms with Crippen molar-refractivity contribution in [2.24, 2.45) is 45.7 Å². The van der Waals surface area contributed by atoms with Gasteiger partial charge in [-0.25, -0.2) is 9.59 Å². The Morgan fingerprint density at radius 1 is 0.750 bits per heavy atom. The molecular formula is C18H22N2O4. The highest BCUT2D eigenvalue weighted by molar-refractivity contribution is 5.73. The van der Waals surface area contributed by atoms with E-state index < -0.39 is 12.2 Å². The van der Waals surface area contributed by atoms with Gasteiger partial charge in [0, 0.05) is 11.8 Å². The fraction of sp³-hybridized carbons (Fsp3) is 0.667. The van der Waals surface area contributed by atoms with Gasteiger partial charge >= 0.3 is 12.2 Å². The van der Waals surface area contributed by atoms with Crippen LogP contribution in [-0.4, -0.2) is 25.4 Å². The summed E-state index contributed by atoms with van der Waals surface area (Å²) >= 11 is 0. The predicted molar refractivity (Wildman–Crippen MR) is 85.2 cm³/mol. The van der Waals surface area contributed by atoms with Crippen LogP contribution in [0.25, 0.3) is 0 Å². The maximum Gasteiger partial charge on any atom is 0.452 e. The number of hydrogen-bond acceptors (Lipinski definition) is 4. The number of carbonyl (C=O) groups excluding carboxylic acids is 2. The molecule has 2 saturated carbocycles. The molecule has 0 spiro atoms. The monoisotopic (exact) mass is 330 g/mol. The van der Waals surface area contributed by atoms with E-state index >= 15 is 0 Å². The molecule has 6 atom stereocenters. The van der Waals surface area contributed by atoms with E-state index in [4.69, 9.17) is 9.47 Å². The largest absolute Gasteiger partial charge is 0.452 e. The Balaban J connectivity index is 1.15. The second-order valence-electron chi connectivity index (χ2n) is 7.43. The predicted octanol–water partition coefficient (Wildman–Crippen LogP) is 4.14. The third-order valence-corrected chi connectivity index (χ3v) is 5.89. The number of rotatable bonds is 4. The molecule has 0 heterocycles. The van der Waals surface area contributed by atoms with Crippen molar-refractivity contribution < 1.29 is 19.1 Å². The average Bonchev–Trinajstić information content (AvgIpc) is 3.36. The summed E-state index contributed by atoms with van der Waals surface area (Å²) in [5, 5.41) is 6.60. The molecular weight excluding hydrogens is 308 g/mol. The minimum absolute atomic E-state index is 0.343. The van der Waals surface area contributed by atoms with Crippen molar-refractivity contribution in [2.75, 3.05) is 13.2 Å². The molecule has 6 heteroatoms. The SMILES string of the molecule is O=C(/N=N/C(=O)OCC1C[C@H]2C=C[C@@H]1C2)OCC1C[C@H]2C=C[C@@H]1C2. The van der Waals surface area contributed by atoms with Gasteiger partial charge in [0.1, 0.15) is 0 Å². The number of allylic oxidation sites excluding steroid dienone is 4. The lowest BCUT2D eigenvalue weighted by Crippen LogP contribution is -2.17. The highest BCUT2D eigenvalue weighted by Gasteiger charge is 2.37. The van der Waals surface area contributed by atoms with Gasteiger partial charge < -0.3 is 9.47 Å². The van der Waals surface area contributed by atoms with Gasteiger partial charge in [-0.1, -0.05) is 34.5 Å². The Morgan fingerprint density at radius 3 is 1.54 bits per heavy atom. The first-order valence-electron chi connectivity index (χ1n) is 8.79. The van der Waals surface area contributed by atoms with E-state index in [1.807, 2.05) is 0 Å². The van der Waals surface area contributed by atoms with E-state index in [1.165, 1.54) is 0 Å². The number of hydrogen-bond donors (Lipinski definition) is 0. The first kappa shape index (κ1) is 15.5. The van der Waals surface area contributed by atoms with Crippen LogP contribution in [0.4, 0.5) is 9.59 Å². The van der Waals surface area contributed by atoms with Crippen molar-refractivity contribution in [3.63, 3.8) is 0 Å². The Hall–Kier alpha value is -1.98. The van der Waals surface area contributed by atoms with Crippen molar-refractivity contribution >= 4 is 12.2 Å². The third kappa shape index (κ3) is 3.28. The van der Waals surface area contributed by atoms with Crippen LogP contribution in [0.15, 0.2) is 34.5 Å². The molecule has 2 unspecified atom stereocenters. The summed E-state index contributed by atoms with van der Waals surface area (Å²) in [6.07, 6.45) is 11.7. The first-order chi connectivity index (χ1) is 11.7. The smallest absolute Gasteiger partial charge is 0.447 e. The number of carbonyl (C=O) groups is 2. The van der Waals surface area contributed by atoms with E-state index in [1.54, 1.807) is 0 Å². The molecule has 0 radical (unpaired) electrons. The number of nitrogens with zero attached hydrogens (tertiary/aromatic N) is 2. The third-order valence-electron chi connectivity index (χ3n) is 5.89. The molecule has 0 aliphatic heterocycles. The van der Waals surface area contributed by atoms with Gasteiger partial charge in [-0.15, -0.1) is 0 Å². The Morgan fingerprint density at radius 2 is 1.21 bits per heavy atom. The molecule has 0 aromatic carbocycles. The lowest BCUT2D eigenvalue weighted by atomic mass is 9.95. The molecule has 2 fully saturated rings. The summed E-state index contributed by atoms with van der Waals surface area (Å²) in [5.41, 5.74) is 0. The van der Waals surface area contributed by atoms with Crippen LogP contribution in [0.5, 0.6) is 0 Å². The topological polar surface area (TPSA) is 77.3 Å². The quantitative estimate of drug-likeness (QED) is 0.573.